The van der Waals surface area contributed by atoms with Crippen molar-refractivity contribution in [2.75, 3.05) is 19.5 Å². The number of carbonyl (C=O) groups is 1. The number of esters is 1. The van der Waals surface area contributed by atoms with E-state index in [1.54, 1.807) is 7.05 Å². The number of methoxy groups -OCH3 is 1. The maximum atomic E-state index is 13.7. The van der Waals surface area contributed by atoms with Crippen LogP contribution in [-0.4, -0.2) is 26.2 Å². The van der Waals surface area contributed by atoms with Crippen LogP contribution in [0.2, 0.25) is 0 Å². The van der Waals surface area contributed by atoms with Gasteiger partial charge in [0, 0.05) is 7.05 Å². The summed E-state index contributed by atoms with van der Waals surface area (Å²) in [7, 11) is 2.86. The van der Waals surface area contributed by atoms with E-state index in [1.807, 2.05) is 0 Å². The number of ether oxygens (including phenoxy) is 2. The molecule has 0 aliphatic heterocycles. The summed E-state index contributed by atoms with van der Waals surface area (Å²) >= 11 is 0. The lowest BCUT2D eigenvalue weighted by molar-refractivity contribution is 0.0599. The van der Waals surface area contributed by atoms with Crippen molar-refractivity contribution in [3.63, 3.8) is 0 Å². The Hall–Kier alpha value is -1.78. The van der Waals surface area contributed by atoms with Crippen LogP contribution in [0.25, 0.3) is 0 Å². The van der Waals surface area contributed by atoms with Crippen molar-refractivity contribution in [1.82, 2.24) is 0 Å². The van der Waals surface area contributed by atoms with E-state index in [2.05, 4.69) is 10.1 Å². The Kier molecular flexibility index (Phi) is 3.17. The summed E-state index contributed by atoms with van der Waals surface area (Å²) in [4.78, 5) is 11.4. The van der Waals surface area contributed by atoms with E-state index in [4.69, 9.17) is 4.74 Å². The molecule has 0 atom stereocenters. The molecule has 1 aliphatic rings. The number of hydrogen-bond donors (Lipinski definition) is 1. The second kappa shape index (κ2) is 4.61. The van der Waals surface area contributed by atoms with Crippen LogP contribution in [-0.2, 0) is 4.74 Å². The summed E-state index contributed by atoms with van der Waals surface area (Å²) in [5.74, 6) is -0.742. The number of halogens is 1. The minimum absolute atomic E-state index is 0.134. The number of nitrogens with one attached hydrogen (secondary N) is 1. The first kappa shape index (κ1) is 11.7. The number of anilines is 1. The number of rotatable bonds is 4. The van der Waals surface area contributed by atoms with Crippen LogP contribution in [0.1, 0.15) is 23.2 Å². The smallest absolute Gasteiger partial charge is 0.338 e. The Morgan fingerprint density at radius 2 is 2.18 bits per heavy atom. The first-order valence-electron chi connectivity index (χ1n) is 5.42. The molecule has 0 heterocycles. The Balaban J connectivity index is 2.37. The molecule has 0 aromatic heterocycles. The zero-order valence-corrected chi connectivity index (χ0v) is 9.75. The first-order chi connectivity index (χ1) is 8.15. The molecule has 1 aliphatic carbocycles. The number of benzene rings is 1. The van der Waals surface area contributed by atoms with Gasteiger partial charge in [0.2, 0.25) is 0 Å². The van der Waals surface area contributed by atoms with Gasteiger partial charge in [-0.05, 0) is 25.0 Å². The highest BCUT2D eigenvalue weighted by molar-refractivity contribution is 5.90. The molecule has 1 aromatic carbocycles. The minimum Gasteiger partial charge on any atom is -0.488 e. The summed E-state index contributed by atoms with van der Waals surface area (Å²) in [5, 5.41) is 2.73. The fourth-order valence-electron chi connectivity index (χ4n) is 1.52. The predicted octanol–water partition coefficient (Wildman–Crippen LogP) is 2.20. The van der Waals surface area contributed by atoms with Crippen LogP contribution < -0.4 is 10.1 Å². The average Bonchev–Trinajstić information content (AvgIpc) is 3.11. The fraction of sp³-hybridized carbons (Fsp3) is 0.417. The van der Waals surface area contributed by atoms with Crippen LogP contribution in [0, 0.1) is 5.82 Å². The maximum Gasteiger partial charge on any atom is 0.338 e. The molecule has 4 nitrogen and oxygen atoms in total. The van der Waals surface area contributed by atoms with Crippen molar-refractivity contribution in [2.45, 2.75) is 18.9 Å². The molecular weight excluding hydrogens is 225 g/mol. The molecule has 92 valence electrons. The molecule has 0 radical (unpaired) electrons. The number of carbonyl (C=O) groups excluding carboxylic acids is 1. The van der Waals surface area contributed by atoms with Gasteiger partial charge in [0.25, 0.3) is 0 Å². The largest absolute Gasteiger partial charge is 0.488 e. The Labute approximate surface area is 98.7 Å². The summed E-state index contributed by atoms with van der Waals surface area (Å²) in [6, 6.07) is 2.64. The van der Waals surface area contributed by atoms with Crippen LogP contribution >= 0.6 is 0 Å². The molecule has 1 aromatic rings. The maximum absolute atomic E-state index is 13.7. The molecule has 1 saturated carbocycles. The van der Waals surface area contributed by atoms with Crippen LogP contribution in [0.5, 0.6) is 5.75 Å². The molecule has 5 heteroatoms. The molecule has 0 bridgehead atoms. The van der Waals surface area contributed by atoms with Crippen molar-refractivity contribution in [2.24, 2.45) is 0 Å². The monoisotopic (exact) mass is 239 g/mol. The van der Waals surface area contributed by atoms with Gasteiger partial charge >= 0.3 is 5.97 Å². The summed E-state index contributed by atoms with van der Waals surface area (Å²) in [5.41, 5.74) is 0.421. The van der Waals surface area contributed by atoms with E-state index in [9.17, 15) is 9.18 Å². The Bertz CT molecular complexity index is 444. The quantitative estimate of drug-likeness (QED) is 0.818. The molecule has 17 heavy (non-hydrogen) atoms. The predicted molar refractivity (Wildman–Crippen MR) is 60.9 cm³/mol. The van der Waals surface area contributed by atoms with Crippen molar-refractivity contribution in [1.29, 1.82) is 0 Å². The van der Waals surface area contributed by atoms with E-state index >= 15 is 0 Å². The van der Waals surface area contributed by atoms with Gasteiger partial charge in [0.15, 0.2) is 5.82 Å². The lowest BCUT2D eigenvalue weighted by atomic mass is 10.1. The third-order valence-corrected chi connectivity index (χ3v) is 2.54. The van der Waals surface area contributed by atoms with E-state index < -0.39 is 11.8 Å². The highest BCUT2D eigenvalue weighted by Crippen LogP contribution is 2.34. The number of hydrogen-bond acceptors (Lipinski definition) is 4. The minimum atomic E-state index is -0.577. The molecule has 0 amide bonds. The van der Waals surface area contributed by atoms with E-state index in [0.29, 0.717) is 5.75 Å². The van der Waals surface area contributed by atoms with Crippen LogP contribution in [0.3, 0.4) is 0 Å². The Morgan fingerprint density at radius 3 is 2.71 bits per heavy atom. The van der Waals surface area contributed by atoms with Crippen molar-refractivity contribution in [3.05, 3.63) is 23.5 Å². The molecular formula is C12H14FNO3. The van der Waals surface area contributed by atoms with E-state index in [1.165, 1.54) is 13.2 Å². The highest BCUT2D eigenvalue weighted by atomic mass is 19.1. The molecule has 0 saturated heterocycles. The average molecular weight is 239 g/mol. The lowest BCUT2D eigenvalue weighted by Gasteiger charge is -2.12. The van der Waals surface area contributed by atoms with Gasteiger partial charge in [-0.1, -0.05) is 0 Å². The first-order valence-corrected chi connectivity index (χ1v) is 5.42. The molecule has 0 unspecified atom stereocenters. The topological polar surface area (TPSA) is 47.6 Å². The fourth-order valence-corrected chi connectivity index (χ4v) is 1.52. The second-order valence-corrected chi connectivity index (χ2v) is 3.89. The summed E-state index contributed by atoms with van der Waals surface area (Å²) < 4.78 is 23.8. The normalized spacial score (nSPS) is 14.3. The zero-order chi connectivity index (χ0) is 12.4. The van der Waals surface area contributed by atoms with E-state index in [-0.39, 0.29) is 17.4 Å². The van der Waals surface area contributed by atoms with Gasteiger partial charge in [0.1, 0.15) is 11.4 Å². The van der Waals surface area contributed by atoms with Gasteiger partial charge in [-0.25, -0.2) is 9.18 Å². The van der Waals surface area contributed by atoms with Crippen molar-refractivity contribution < 1.29 is 18.7 Å². The summed E-state index contributed by atoms with van der Waals surface area (Å²) in [6.45, 7) is 0. The van der Waals surface area contributed by atoms with Gasteiger partial charge < -0.3 is 14.8 Å². The molecule has 1 fully saturated rings. The molecule has 0 spiro atoms. The highest BCUT2D eigenvalue weighted by Gasteiger charge is 2.26. The second-order valence-electron chi connectivity index (χ2n) is 3.89. The summed E-state index contributed by atoms with van der Waals surface area (Å²) in [6.07, 6.45) is 2.06. The molecule has 1 N–H and O–H groups in total. The van der Waals surface area contributed by atoms with Crippen LogP contribution in [0.4, 0.5) is 10.1 Å². The van der Waals surface area contributed by atoms with E-state index in [0.717, 1.165) is 18.9 Å². The third-order valence-electron chi connectivity index (χ3n) is 2.54. The SMILES string of the molecule is CNc1c(F)cc(C(=O)OC)cc1OC1CC1. The van der Waals surface area contributed by atoms with Gasteiger partial charge in [-0.15, -0.1) is 0 Å². The lowest BCUT2D eigenvalue weighted by Crippen LogP contribution is -2.07. The Morgan fingerprint density at radius 1 is 1.47 bits per heavy atom. The van der Waals surface area contributed by atoms with Gasteiger partial charge in [0.05, 0.1) is 18.8 Å². The van der Waals surface area contributed by atoms with Crippen molar-refractivity contribution >= 4 is 11.7 Å². The van der Waals surface area contributed by atoms with Crippen LogP contribution in [0.15, 0.2) is 12.1 Å². The molecule has 2 rings (SSSR count). The third kappa shape index (κ3) is 2.49. The zero-order valence-electron chi connectivity index (χ0n) is 9.75. The standard InChI is InChI=1S/C12H14FNO3/c1-14-11-9(13)5-7(12(15)16-2)6-10(11)17-8-3-4-8/h5-6,8,14H,3-4H2,1-2H3. The van der Waals surface area contributed by atoms with Crippen molar-refractivity contribution in [3.8, 4) is 5.75 Å². The van der Waals surface area contributed by atoms with Gasteiger partial charge in [-0.3, -0.25) is 0 Å². The van der Waals surface area contributed by atoms with Gasteiger partial charge in [-0.2, -0.15) is 0 Å².